The molecule has 0 aliphatic rings. The Morgan fingerprint density at radius 1 is 1.43 bits per heavy atom. The van der Waals surface area contributed by atoms with Gasteiger partial charge in [-0.1, -0.05) is 28.1 Å². The standard InChI is InChI=1S/C10H14BrNO2/c11-8-3-1-2-7(6-8)10(14)9(12)4-5-13/h1-3,6,9-10,13-14H,4-5,12H2. The van der Waals surface area contributed by atoms with E-state index in [1.54, 1.807) is 0 Å². The SMILES string of the molecule is NC(CCO)C(O)c1cccc(Br)c1. The Balaban J connectivity index is 2.73. The monoisotopic (exact) mass is 259 g/mol. The molecule has 0 saturated carbocycles. The summed E-state index contributed by atoms with van der Waals surface area (Å²) in [6, 6.07) is 6.94. The van der Waals surface area contributed by atoms with Crippen molar-refractivity contribution in [1.29, 1.82) is 0 Å². The lowest BCUT2D eigenvalue weighted by Crippen LogP contribution is -2.29. The first kappa shape index (κ1) is 11.7. The van der Waals surface area contributed by atoms with E-state index < -0.39 is 12.1 Å². The molecule has 0 bridgehead atoms. The predicted octanol–water partition coefficient (Wildman–Crippen LogP) is 1.19. The number of hydrogen-bond donors (Lipinski definition) is 3. The van der Waals surface area contributed by atoms with Crippen LogP contribution in [0.3, 0.4) is 0 Å². The van der Waals surface area contributed by atoms with Gasteiger partial charge in [0.15, 0.2) is 0 Å². The van der Waals surface area contributed by atoms with Gasteiger partial charge in [-0.3, -0.25) is 0 Å². The summed E-state index contributed by atoms with van der Waals surface area (Å²) in [6.07, 6.45) is -0.326. The highest BCUT2D eigenvalue weighted by Gasteiger charge is 2.16. The second-order valence-electron chi connectivity index (χ2n) is 3.18. The summed E-state index contributed by atoms with van der Waals surface area (Å²) in [4.78, 5) is 0. The van der Waals surface area contributed by atoms with Gasteiger partial charge >= 0.3 is 0 Å². The Hall–Kier alpha value is -0.420. The average Bonchev–Trinajstić information content (AvgIpc) is 2.17. The van der Waals surface area contributed by atoms with Crippen LogP contribution in [0.15, 0.2) is 28.7 Å². The van der Waals surface area contributed by atoms with Crippen LogP contribution >= 0.6 is 15.9 Å². The van der Waals surface area contributed by atoms with Gasteiger partial charge in [0, 0.05) is 17.1 Å². The molecule has 0 aliphatic carbocycles. The summed E-state index contributed by atoms with van der Waals surface area (Å²) in [5.74, 6) is 0. The molecule has 0 saturated heterocycles. The van der Waals surface area contributed by atoms with E-state index in [2.05, 4.69) is 15.9 Å². The van der Waals surface area contributed by atoms with Crippen LogP contribution in [-0.4, -0.2) is 22.9 Å². The van der Waals surface area contributed by atoms with Gasteiger partial charge in [-0.2, -0.15) is 0 Å². The summed E-state index contributed by atoms with van der Waals surface area (Å²) < 4.78 is 0.908. The van der Waals surface area contributed by atoms with Gasteiger partial charge in [0.05, 0.1) is 6.10 Å². The van der Waals surface area contributed by atoms with Crippen molar-refractivity contribution in [2.75, 3.05) is 6.61 Å². The van der Waals surface area contributed by atoms with Crippen molar-refractivity contribution in [3.05, 3.63) is 34.3 Å². The quantitative estimate of drug-likeness (QED) is 0.761. The lowest BCUT2D eigenvalue weighted by atomic mass is 10.0. The zero-order valence-electron chi connectivity index (χ0n) is 7.73. The highest BCUT2D eigenvalue weighted by atomic mass is 79.9. The summed E-state index contributed by atoms with van der Waals surface area (Å²) in [5, 5.41) is 18.5. The third-order valence-electron chi connectivity index (χ3n) is 2.06. The normalized spacial score (nSPS) is 15.1. The third kappa shape index (κ3) is 3.06. The molecule has 0 fully saturated rings. The first-order valence-corrected chi connectivity index (χ1v) is 5.24. The number of hydrogen-bond acceptors (Lipinski definition) is 3. The Morgan fingerprint density at radius 3 is 2.71 bits per heavy atom. The molecule has 0 radical (unpaired) electrons. The van der Waals surface area contributed by atoms with Crippen LogP contribution in [0, 0.1) is 0 Å². The van der Waals surface area contributed by atoms with Crippen molar-refractivity contribution in [3.63, 3.8) is 0 Å². The molecule has 14 heavy (non-hydrogen) atoms. The van der Waals surface area contributed by atoms with Gasteiger partial charge in [0.25, 0.3) is 0 Å². The largest absolute Gasteiger partial charge is 0.396 e. The average molecular weight is 260 g/mol. The van der Waals surface area contributed by atoms with Crippen LogP contribution in [-0.2, 0) is 0 Å². The number of nitrogens with two attached hydrogens (primary N) is 1. The van der Waals surface area contributed by atoms with Gasteiger partial charge in [-0.25, -0.2) is 0 Å². The molecule has 2 unspecified atom stereocenters. The van der Waals surface area contributed by atoms with Crippen molar-refractivity contribution >= 4 is 15.9 Å². The number of halogens is 1. The van der Waals surface area contributed by atoms with E-state index in [4.69, 9.17) is 10.8 Å². The van der Waals surface area contributed by atoms with E-state index in [-0.39, 0.29) is 6.61 Å². The smallest absolute Gasteiger partial charge is 0.0942 e. The van der Waals surface area contributed by atoms with E-state index in [1.165, 1.54) is 0 Å². The maximum Gasteiger partial charge on any atom is 0.0942 e. The molecule has 0 aliphatic heterocycles. The van der Waals surface area contributed by atoms with E-state index in [1.807, 2.05) is 24.3 Å². The number of aliphatic hydroxyl groups is 2. The first-order valence-electron chi connectivity index (χ1n) is 4.45. The van der Waals surface area contributed by atoms with Crippen LogP contribution in [0.4, 0.5) is 0 Å². The lowest BCUT2D eigenvalue weighted by molar-refractivity contribution is 0.129. The zero-order chi connectivity index (χ0) is 10.6. The second-order valence-corrected chi connectivity index (χ2v) is 4.09. The van der Waals surface area contributed by atoms with Crippen molar-refractivity contribution in [2.45, 2.75) is 18.6 Å². The molecule has 0 aromatic heterocycles. The minimum atomic E-state index is -0.723. The summed E-state index contributed by atoms with van der Waals surface area (Å²) in [7, 11) is 0. The Morgan fingerprint density at radius 2 is 2.14 bits per heavy atom. The third-order valence-corrected chi connectivity index (χ3v) is 2.55. The molecule has 4 heteroatoms. The van der Waals surface area contributed by atoms with Crippen LogP contribution < -0.4 is 5.73 Å². The summed E-state index contributed by atoms with van der Waals surface area (Å²) in [5.41, 5.74) is 6.45. The fraction of sp³-hybridized carbons (Fsp3) is 0.400. The van der Waals surface area contributed by atoms with Crippen molar-refractivity contribution < 1.29 is 10.2 Å². The minimum Gasteiger partial charge on any atom is -0.396 e. The molecular weight excluding hydrogens is 246 g/mol. The lowest BCUT2D eigenvalue weighted by Gasteiger charge is -2.18. The Labute approximate surface area is 91.7 Å². The van der Waals surface area contributed by atoms with Crippen LogP contribution in [0.25, 0.3) is 0 Å². The van der Waals surface area contributed by atoms with E-state index >= 15 is 0 Å². The fourth-order valence-corrected chi connectivity index (χ4v) is 1.66. The molecule has 1 rings (SSSR count). The molecule has 78 valence electrons. The molecule has 0 amide bonds. The molecule has 3 nitrogen and oxygen atoms in total. The van der Waals surface area contributed by atoms with E-state index in [9.17, 15) is 5.11 Å². The molecule has 4 N–H and O–H groups in total. The van der Waals surface area contributed by atoms with Crippen LogP contribution in [0.1, 0.15) is 18.1 Å². The molecule has 2 atom stereocenters. The number of benzene rings is 1. The van der Waals surface area contributed by atoms with Crippen LogP contribution in [0.5, 0.6) is 0 Å². The maximum atomic E-state index is 9.79. The maximum absolute atomic E-state index is 9.79. The first-order chi connectivity index (χ1) is 6.65. The predicted molar refractivity (Wildman–Crippen MR) is 58.8 cm³/mol. The molecule has 0 spiro atoms. The van der Waals surface area contributed by atoms with Gasteiger partial charge in [0.2, 0.25) is 0 Å². The number of rotatable bonds is 4. The van der Waals surface area contributed by atoms with Gasteiger partial charge in [-0.05, 0) is 24.1 Å². The van der Waals surface area contributed by atoms with Gasteiger partial charge < -0.3 is 15.9 Å². The second kappa shape index (κ2) is 5.46. The molecular formula is C10H14BrNO2. The van der Waals surface area contributed by atoms with Gasteiger partial charge in [0.1, 0.15) is 0 Å². The summed E-state index contributed by atoms with van der Waals surface area (Å²) in [6.45, 7) is -0.00771. The molecule has 1 aromatic rings. The number of aliphatic hydroxyl groups excluding tert-OH is 2. The molecule has 0 heterocycles. The van der Waals surface area contributed by atoms with Gasteiger partial charge in [-0.15, -0.1) is 0 Å². The Kier molecular flexibility index (Phi) is 4.54. The van der Waals surface area contributed by atoms with Crippen molar-refractivity contribution in [1.82, 2.24) is 0 Å². The summed E-state index contributed by atoms with van der Waals surface area (Å²) >= 11 is 3.32. The minimum absolute atomic E-state index is 0.00771. The van der Waals surface area contributed by atoms with E-state index in [0.29, 0.717) is 6.42 Å². The van der Waals surface area contributed by atoms with E-state index in [0.717, 1.165) is 10.0 Å². The topological polar surface area (TPSA) is 66.5 Å². The Bertz CT molecular complexity index is 293. The zero-order valence-corrected chi connectivity index (χ0v) is 9.31. The van der Waals surface area contributed by atoms with Crippen molar-refractivity contribution in [2.24, 2.45) is 5.73 Å². The highest BCUT2D eigenvalue weighted by molar-refractivity contribution is 9.10. The van der Waals surface area contributed by atoms with Crippen LogP contribution in [0.2, 0.25) is 0 Å². The highest BCUT2D eigenvalue weighted by Crippen LogP contribution is 2.20. The molecule has 1 aromatic carbocycles. The fourth-order valence-electron chi connectivity index (χ4n) is 1.24. The van der Waals surface area contributed by atoms with Crippen molar-refractivity contribution in [3.8, 4) is 0 Å².